The van der Waals surface area contributed by atoms with Gasteiger partial charge < -0.3 is 5.73 Å². The van der Waals surface area contributed by atoms with E-state index in [1.165, 1.54) is 20.8 Å². The van der Waals surface area contributed by atoms with Crippen LogP contribution >= 0.6 is 11.3 Å². The zero-order valence-electron chi connectivity index (χ0n) is 10.5. The lowest BCUT2D eigenvalue weighted by Gasteiger charge is -2.26. The lowest BCUT2D eigenvalue weighted by molar-refractivity contribution is -0.138. The van der Waals surface area contributed by atoms with Crippen molar-refractivity contribution < 1.29 is 21.6 Å². The number of alkyl halides is 3. The summed E-state index contributed by atoms with van der Waals surface area (Å²) in [5.41, 5.74) is 5.49. The van der Waals surface area contributed by atoms with Gasteiger partial charge in [-0.3, -0.25) is 0 Å². The smallest absolute Gasteiger partial charge is 0.375 e. The molecule has 0 bridgehead atoms. The molecular formula is C9H14F3N3O2S2. The van der Waals surface area contributed by atoms with Gasteiger partial charge in [-0.15, -0.1) is 0 Å². The van der Waals surface area contributed by atoms with Crippen LogP contribution in [-0.4, -0.2) is 36.5 Å². The number of nitrogens with two attached hydrogens (primary N) is 1. The summed E-state index contributed by atoms with van der Waals surface area (Å²) in [5, 5.41) is 0.00629. The summed E-state index contributed by atoms with van der Waals surface area (Å²) >= 11 is 0.663. The van der Waals surface area contributed by atoms with Gasteiger partial charge in [0.15, 0.2) is 9.34 Å². The molecule has 1 rings (SSSR count). The number of nitrogen functional groups attached to an aromatic ring is 1. The van der Waals surface area contributed by atoms with Crippen LogP contribution in [0, 0.1) is 6.92 Å². The molecule has 1 aromatic heterocycles. The summed E-state index contributed by atoms with van der Waals surface area (Å²) in [4.78, 5) is 3.72. The Morgan fingerprint density at radius 2 is 1.95 bits per heavy atom. The van der Waals surface area contributed by atoms with Crippen LogP contribution in [0.1, 0.15) is 19.5 Å². The van der Waals surface area contributed by atoms with Crippen LogP contribution in [0.5, 0.6) is 0 Å². The van der Waals surface area contributed by atoms with E-state index in [0.717, 1.165) is 0 Å². The Kier molecular flexibility index (Phi) is 4.47. The summed E-state index contributed by atoms with van der Waals surface area (Å²) in [6, 6.07) is -0.825. The minimum atomic E-state index is -4.61. The minimum Gasteiger partial charge on any atom is -0.375 e. The maximum atomic E-state index is 12.5. The molecule has 0 aliphatic rings. The predicted molar refractivity (Wildman–Crippen MR) is 66.3 cm³/mol. The first-order valence-electron chi connectivity index (χ1n) is 5.26. The number of aromatic nitrogens is 1. The van der Waals surface area contributed by atoms with Crippen LogP contribution in [0.4, 0.5) is 18.3 Å². The van der Waals surface area contributed by atoms with Gasteiger partial charge in [0.05, 0.1) is 5.69 Å². The molecule has 0 atom stereocenters. The van der Waals surface area contributed by atoms with E-state index < -0.39 is 28.8 Å². The molecule has 0 aliphatic carbocycles. The summed E-state index contributed by atoms with van der Waals surface area (Å²) < 4.78 is 62.0. The molecule has 2 N–H and O–H groups in total. The number of hydrogen-bond acceptors (Lipinski definition) is 5. The maximum Gasteiger partial charge on any atom is 0.402 e. The minimum absolute atomic E-state index is 0.00629. The lowest BCUT2D eigenvalue weighted by Crippen LogP contribution is -2.43. The molecule has 1 heterocycles. The molecule has 19 heavy (non-hydrogen) atoms. The molecule has 0 aliphatic heterocycles. The monoisotopic (exact) mass is 317 g/mol. The van der Waals surface area contributed by atoms with Gasteiger partial charge in [-0.25, -0.2) is 13.4 Å². The van der Waals surface area contributed by atoms with Gasteiger partial charge in [0, 0.05) is 6.04 Å². The summed E-state index contributed by atoms with van der Waals surface area (Å²) in [5.74, 6) is 0. The number of halogens is 3. The molecule has 0 fully saturated rings. The van der Waals surface area contributed by atoms with E-state index in [0.29, 0.717) is 15.6 Å². The maximum absolute atomic E-state index is 12.5. The molecule has 0 saturated carbocycles. The molecule has 110 valence electrons. The van der Waals surface area contributed by atoms with Crippen molar-refractivity contribution in [3.8, 4) is 0 Å². The predicted octanol–water partition coefficient (Wildman–Crippen LogP) is 2.00. The molecule has 0 spiro atoms. The number of aryl methyl sites for hydroxylation is 1. The number of rotatable bonds is 4. The van der Waals surface area contributed by atoms with E-state index in [2.05, 4.69) is 4.98 Å². The third-order valence-electron chi connectivity index (χ3n) is 2.22. The van der Waals surface area contributed by atoms with Crippen molar-refractivity contribution in [2.75, 3.05) is 12.3 Å². The number of sulfonamides is 1. The number of hydrogen-bond donors (Lipinski definition) is 1. The van der Waals surface area contributed by atoms with Crippen molar-refractivity contribution in [3.05, 3.63) is 5.69 Å². The van der Waals surface area contributed by atoms with Gasteiger partial charge in [0.1, 0.15) is 6.54 Å². The Hall–Kier alpha value is -0.870. The first-order valence-corrected chi connectivity index (χ1v) is 7.52. The van der Waals surface area contributed by atoms with Crippen LogP contribution < -0.4 is 5.73 Å². The fourth-order valence-electron chi connectivity index (χ4n) is 1.47. The van der Waals surface area contributed by atoms with E-state index in [4.69, 9.17) is 5.73 Å². The third-order valence-corrected chi connectivity index (χ3v) is 5.82. The lowest BCUT2D eigenvalue weighted by atomic mass is 10.4. The first kappa shape index (κ1) is 16.2. The van der Waals surface area contributed by atoms with Crippen LogP contribution in [0.15, 0.2) is 4.21 Å². The fourth-order valence-corrected chi connectivity index (χ4v) is 4.50. The largest absolute Gasteiger partial charge is 0.402 e. The number of thiazole rings is 1. The Bertz CT molecular complexity index is 552. The second-order valence-corrected chi connectivity index (χ2v) is 7.30. The molecule has 0 unspecified atom stereocenters. The highest BCUT2D eigenvalue weighted by molar-refractivity contribution is 7.91. The van der Waals surface area contributed by atoms with Crippen molar-refractivity contribution in [2.24, 2.45) is 0 Å². The van der Waals surface area contributed by atoms with Gasteiger partial charge in [0.25, 0.3) is 10.0 Å². The van der Waals surface area contributed by atoms with Gasteiger partial charge in [-0.1, -0.05) is 11.3 Å². The van der Waals surface area contributed by atoms with Crippen LogP contribution in [0.25, 0.3) is 0 Å². The van der Waals surface area contributed by atoms with Crippen LogP contribution in [-0.2, 0) is 10.0 Å². The van der Waals surface area contributed by atoms with Crippen molar-refractivity contribution in [1.29, 1.82) is 0 Å². The summed E-state index contributed by atoms with van der Waals surface area (Å²) in [7, 11) is -4.25. The Labute approximate surface area is 113 Å². The zero-order chi connectivity index (χ0) is 15.0. The van der Waals surface area contributed by atoms with Gasteiger partial charge in [0.2, 0.25) is 0 Å². The first-order chi connectivity index (χ1) is 8.45. The molecule has 0 radical (unpaired) electrons. The summed E-state index contributed by atoms with van der Waals surface area (Å²) in [6.07, 6.45) is -4.61. The Morgan fingerprint density at radius 3 is 2.26 bits per heavy atom. The SMILES string of the molecule is Cc1nc(N)sc1S(=O)(=O)N(CC(F)(F)F)C(C)C. The quantitative estimate of drug-likeness (QED) is 0.921. The average Bonchev–Trinajstić information content (AvgIpc) is 2.53. The normalized spacial score (nSPS) is 13.5. The van der Waals surface area contributed by atoms with E-state index in [-0.39, 0.29) is 15.0 Å². The highest BCUT2D eigenvalue weighted by atomic mass is 32.2. The summed E-state index contributed by atoms with van der Waals surface area (Å²) in [6.45, 7) is 2.61. The molecule has 0 saturated heterocycles. The van der Waals surface area contributed by atoms with Crippen LogP contribution in [0.3, 0.4) is 0 Å². The average molecular weight is 317 g/mol. The van der Waals surface area contributed by atoms with E-state index in [1.54, 1.807) is 0 Å². The molecule has 0 amide bonds. The Balaban J connectivity index is 3.25. The molecule has 10 heteroatoms. The van der Waals surface area contributed by atoms with E-state index >= 15 is 0 Å². The van der Waals surface area contributed by atoms with Crippen molar-refractivity contribution >= 4 is 26.5 Å². The zero-order valence-corrected chi connectivity index (χ0v) is 12.2. The molecule has 5 nitrogen and oxygen atoms in total. The Morgan fingerprint density at radius 1 is 1.42 bits per heavy atom. The van der Waals surface area contributed by atoms with Gasteiger partial charge in [-0.2, -0.15) is 17.5 Å². The topological polar surface area (TPSA) is 76.3 Å². The number of anilines is 1. The fraction of sp³-hybridized carbons (Fsp3) is 0.667. The molecule has 0 aromatic carbocycles. The van der Waals surface area contributed by atoms with Crippen molar-refractivity contribution in [1.82, 2.24) is 9.29 Å². The highest BCUT2D eigenvalue weighted by Gasteiger charge is 2.39. The van der Waals surface area contributed by atoms with Crippen molar-refractivity contribution in [2.45, 2.75) is 37.2 Å². The van der Waals surface area contributed by atoms with E-state index in [9.17, 15) is 21.6 Å². The number of nitrogens with zero attached hydrogens (tertiary/aromatic N) is 2. The molecular weight excluding hydrogens is 303 g/mol. The van der Waals surface area contributed by atoms with Crippen LogP contribution in [0.2, 0.25) is 0 Å². The van der Waals surface area contributed by atoms with Crippen molar-refractivity contribution in [3.63, 3.8) is 0 Å². The van der Waals surface area contributed by atoms with Gasteiger partial charge in [-0.05, 0) is 20.8 Å². The van der Waals surface area contributed by atoms with Gasteiger partial charge >= 0.3 is 6.18 Å². The third kappa shape index (κ3) is 3.80. The second-order valence-electron chi connectivity index (χ2n) is 4.18. The molecule has 1 aromatic rings. The van der Waals surface area contributed by atoms with E-state index in [1.807, 2.05) is 0 Å². The second kappa shape index (κ2) is 5.25. The standard InChI is InChI=1S/C9H14F3N3O2S2/c1-5(2)15(4-9(10,11)12)19(16,17)7-6(3)14-8(13)18-7/h5H,4H2,1-3H3,(H2,13,14). The highest BCUT2D eigenvalue weighted by Crippen LogP contribution is 2.31.